The van der Waals surface area contributed by atoms with Crippen molar-refractivity contribution in [2.24, 2.45) is 0 Å². The number of carbonyl (C=O) groups excluding carboxylic acids is 3. The number of rotatable bonds is 7. The summed E-state index contributed by atoms with van der Waals surface area (Å²) in [5, 5.41) is 5.04. The van der Waals surface area contributed by atoms with Crippen molar-refractivity contribution < 1.29 is 23.9 Å². The molecular weight excluding hydrogens is 302 g/mol. The fourth-order valence-corrected chi connectivity index (χ4v) is 2.20. The molecule has 2 rings (SSSR count). The average Bonchev–Trinajstić information content (AvgIpc) is 2.86. The first-order valence-electron chi connectivity index (χ1n) is 7.11. The molecule has 8 heteroatoms. The third kappa shape index (κ3) is 4.12. The fraction of sp³-hybridized carbons (Fsp3) is 0.400. The van der Waals surface area contributed by atoms with Gasteiger partial charge in [0, 0.05) is 6.54 Å². The van der Waals surface area contributed by atoms with Crippen LogP contribution in [-0.4, -0.2) is 56.6 Å². The summed E-state index contributed by atoms with van der Waals surface area (Å²) in [6.45, 7) is 0.0618. The molecule has 2 N–H and O–H groups in total. The van der Waals surface area contributed by atoms with E-state index >= 15 is 0 Å². The summed E-state index contributed by atoms with van der Waals surface area (Å²) < 4.78 is 10.4. The molecule has 0 aliphatic carbocycles. The Morgan fingerprint density at radius 3 is 2.61 bits per heavy atom. The van der Waals surface area contributed by atoms with E-state index in [9.17, 15) is 14.4 Å². The van der Waals surface area contributed by atoms with Gasteiger partial charge in [0.15, 0.2) is 11.5 Å². The second kappa shape index (κ2) is 7.48. The van der Waals surface area contributed by atoms with Crippen molar-refractivity contribution in [3.05, 3.63) is 23.8 Å². The summed E-state index contributed by atoms with van der Waals surface area (Å²) in [6, 6.07) is 4.97. The molecular formula is C15H19N3O5. The molecule has 1 heterocycles. The molecule has 0 bridgehead atoms. The van der Waals surface area contributed by atoms with Gasteiger partial charge in [-0.15, -0.1) is 0 Å². The van der Waals surface area contributed by atoms with E-state index < -0.39 is 11.9 Å². The molecule has 1 aliphatic heterocycles. The Labute approximate surface area is 133 Å². The number of methoxy groups -OCH3 is 2. The van der Waals surface area contributed by atoms with E-state index in [1.54, 1.807) is 20.3 Å². The van der Waals surface area contributed by atoms with Crippen molar-refractivity contribution in [1.82, 2.24) is 15.5 Å². The maximum atomic E-state index is 11.8. The van der Waals surface area contributed by atoms with Gasteiger partial charge < -0.3 is 20.1 Å². The molecule has 0 atom stereocenters. The first-order valence-corrected chi connectivity index (χ1v) is 7.11. The van der Waals surface area contributed by atoms with Crippen LogP contribution in [0.5, 0.6) is 11.5 Å². The number of nitrogens with zero attached hydrogens (tertiary/aromatic N) is 1. The maximum absolute atomic E-state index is 11.8. The summed E-state index contributed by atoms with van der Waals surface area (Å²) in [4.78, 5) is 35.4. The van der Waals surface area contributed by atoms with E-state index in [0.29, 0.717) is 24.5 Å². The first-order chi connectivity index (χ1) is 11.0. The van der Waals surface area contributed by atoms with Gasteiger partial charge in [-0.25, -0.2) is 4.79 Å². The normalized spacial score (nSPS) is 13.7. The second-order valence-corrected chi connectivity index (χ2v) is 4.93. The van der Waals surface area contributed by atoms with Crippen LogP contribution in [0.15, 0.2) is 18.2 Å². The molecule has 1 aliphatic rings. The van der Waals surface area contributed by atoms with Crippen LogP contribution in [-0.2, 0) is 16.0 Å². The number of imide groups is 1. The van der Waals surface area contributed by atoms with Gasteiger partial charge >= 0.3 is 6.03 Å². The Morgan fingerprint density at radius 1 is 1.26 bits per heavy atom. The number of hydrogen-bond acceptors (Lipinski definition) is 5. The molecule has 0 saturated carbocycles. The standard InChI is InChI=1S/C15H19N3O5/c1-22-11-4-3-10(7-12(11)23-2)5-6-16-13(19)9-18-14(20)8-17-15(18)21/h3-4,7H,5-6,8-9H2,1-2H3,(H,16,19)(H,17,21). The van der Waals surface area contributed by atoms with Crippen molar-refractivity contribution in [3.63, 3.8) is 0 Å². The highest BCUT2D eigenvalue weighted by atomic mass is 16.5. The summed E-state index contributed by atoms with van der Waals surface area (Å²) in [7, 11) is 3.12. The van der Waals surface area contributed by atoms with Gasteiger partial charge in [-0.3, -0.25) is 14.5 Å². The van der Waals surface area contributed by atoms with E-state index in [2.05, 4.69) is 10.6 Å². The van der Waals surface area contributed by atoms with Crippen LogP contribution in [0.4, 0.5) is 4.79 Å². The van der Waals surface area contributed by atoms with Gasteiger partial charge in [0.2, 0.25) is 5.91 Å². The summed E-state index contributed by atoms with van der Waals surface area (Å²) in [5.41, 5.74) is 0.970. The lowest BCUT2D eigenvalue weighted by molar-refractivity contribution is -0.130. The highest BCUT2D eigenvalue weighted by Crippen LogP contribution is 2.27. The highest BCUT2D eigenvalue weighted by molar-refractivity contribution is 6.04. The van der Waals surface area contributed by atoms with Gasteiger partial charge in [0.1, 0.15) is 6.54 Å². The summed E-state index contributed by atoms with van der Waals surface area (Å²) in [5.74, 6) is 0.482. The predicted octanol–water partition coefficient (Wildman–Crippen LogP) is -0.0857. The Bertz CT molecular complexity index is 601. The van der Waals surface area contributed by atoms with Crippen LogP contribution in [0, 0.1) is 0 Å². The zero-order chi connectivity index (χ0) is 16.8. The monoisotopic (exact) mass is 321 g/mol. The minimum atomic E-state index is -0.537. The number of urea groups is 1. The number of carbonyl (C=O) groups is 3. The van der Waals surface area contributed by atoms with Crippen molar-refractivity contribution >= 4 is 17.8 Å². The molecule has 124 valence electrons. The lowest BCUT2D eigenvalue weighted by atomic mass is 10.1. The zero-order valence-corrected chi connectivity index (χ0v) is 13.0. The topological polar surface area (TPSA) is 97.0 Å². The Balaban J connectivity index is 1.81. The Kier molecular flexibility index (Phi) is 5.40. The second-order valence-electron chi connectivity index (χ2n) is 4.93. The minimum absolute atomic E-state index is 0.0578. The largest absolute Gasteiger partial charge is 0.493 e. The molecule has 1 aromatic rings. The van der Waals surface area contributed by atoms with Crippen molar-refractivity contribution in [1.29, 1.82) is 0 Å². The van der Waals surface area contributed by atoms with Gasteiger partial charge in [-0.05, 0) is 24.1 Å². The SMILES string of the molecule is COc1ccc(CCNC(=O)CN2C(=O)CNC2=O)cc1OC. The number of ether oxygens (including phenoxy) is 2. The maximum Gasteiger partial charge on any atom is 0.325 e. The molecule has 1 saturated heterocycles. The van der Waals surface area contributed by atoms with Crippen molar-refractivity contribution in [2.45, 2.75) is 6.42 Å². The molecule has 4 amide bonds. The lowest BCUT2D eigenvalue weighted by Crippen LogP contribution is -2.41. The number of nitrogens with one attached hydrogen (secondary N) is 2. The number of benzene rings is 1. The smallest absolute Gasteiger partial charge is 0.325 e. The third-order valence-electron chi connectivity index (χ3n) is 3.42. The van der Waals surface area contributed by atoms with Gasteiger partial charge in [-0.1, -0.05) is 6.07 Å². The van der Waals surface area contributed by atoms with E-state index in [4.69, 9.17) is 9.47 Å². The van der Waals surface area contributed by atoms with Crippen LogP contribution < -0.4 is 20.1 Å². The van der Waals surface area contributed by atoms with Crippen molar-refractivity contribution in [2.75, 3.05) is 33.9 Å². The van der Waals surface area contributed by atoms with Crippen LogP contribution in [0.25, 0.3) is 0 Å². The quantitative estimate of drug-likeness (QED) is 0.684. The molecule has 0 aromatic heterocycles. The van der Waals surface area contributed by atoms with Gasteiger partial charge in [0.05, 0.1) is 20.8 Å². The molecule has 0 spiro atoms. The fourth-order valence-electron chi connectivity index (χ4n) is 2.20. The average molecular weight is 321 g/mol. The Hall–Kier alpha value is -2.77. The van der Waals surface area contributed by atoms with Gasteiger partial charge in [-0.2, -0.15) is 0 Å². The Morgan fingerprint density at radius 2 is 2.00 bits per heavy atom. The number of hydrogen-bond donors (Lipinski definition) is 2. The van der Waals surface area contributed by atoms with E-state index in [-0.39, 0.29) is 19.0 Å². The van der Waals surface area contributed by atoms with E-state index in [1.807, 2.05) is 12.1 Å². The first kappa shape index (κ1) is 16.6. The highest BCUT2D eigenvalue weighted by Gasteiger charge is 2.29. The molecule has 0 radical (unpaired) electrons. The van der Waals surface area contributed by atoms with Gasteiger partial charge in [0.25, 0.3) is 5.91 Å². The number of amides is 4. The van der Waals surface area contributed by atoms with Crippen LogP contribution in [0.1, 0.15) is 5.56 Å². The zero-order valence-electron chi connectivity index (χ0n) is 13.0. The molecule has 8 nitrogen and oxygen atoms in total. The van der Waals surface area contributed by atoms with Crippen LogP contribution in [0.2, 0.25) is 0 Å². The van der Waals surface area contributed by atoms with Crippen LogP contribution in [0.3, 0.4) is 0 Å². The lowest BCUT2D eigenvalue weighted by Gasteiger charge is -2.13. The minimum Gasteiger partial charge on any atom is -0.493 e. The third-order valence-corrected chi connectivity index (χ3v) is 3.42. The summed E-state index contributed by atoms with van der Waals surface area (Å²) >= 11 is 0. The van der Waals surface area contributed by atoms with Crippen LogP contribution >= 0.6 is 0 Å². The molecule has 0 unspecified atom stereocenters. The van der Waals surface area contributed by atoms with E-state index in [1.165, 1.54) is 0 Å². The van der Waals surface area contributed by atoms with E-state index in [0.717, 1.165) is 10.5 Å². The molecule has 23 heavy (non-hydrogen) atoms. The van der Waals surface area contributed by atoms with Crippen molar-refractivity contribution in [3.8, 4) is 11.5 Å². The predicted molar refractivity (Wildman–Crippen MR) is 81.4 cm³/mol. The molecule has 1 aromatic carbocycles. The molecule has 1 fully saturated rings. The summed E-state index contributed by atoms with van der Waals surface area (Å²) in [6.07, 6.45) is 0.590.